The number of nitrogens with one attached hydrogen (secondary N) is 1. The second-order valence-electron chi connectivity index (χ2n) is 6.47. The van der Waals surface area contributed by atoms with Crippen LogP contribution in [0, 0.1) is 0 Å². The van der Waals surface area contributed by atoms with Crippen molar-refractivity contribution >= 4 is 33.4 Å². The van der Waals surface area contributed by atoms with E-state index in [1.165, 1.54) is 18.6 Å². The highest BCUT2D eigenvalue weighted by Gasteiger charge is 2.31. The minimum absolute atomic E-state index is 0.0488. The van der Waals surface area contributed by atoms with Crippen LogP contribution >= 0.6 is 11.3 Å². The third-order valence-electron chi connectivity index (χ3n) is 3.80. The number of benzene rings is 1. The lowest BCUT2D eigenvalue weighted by atomic mass is 10.2. The first-order valence-corrected chi connectivity index (χ1v) is 9.40. The number of alkyl halides is 3. The van der Waals surface area contributed by atoms with E-state index in [0.717, 1.165) is 23.5 Å². The van der Waals surface area contributed by atoms with Gasteiger partial charge in [0.15, 0.2) is 5.01 Å². The molecule has 0 saturated carbocycles. The van der Waals surface area contributed by atoms with Crippen molar-refractivity contribution in [2.45, 2.75) is 38.7 Å². The number of halogens is 3. The number of ether oxygens (including phenoxy) is 1. The molecule has 0 aliphatic rings. The van der Waals surface area contributed by atoms with E-state index in [2.05, 4.69) is 15.3 Å². The summed E-state index contributed by atoms with van der Waals surface area (Å²) in [4.78, 5) is 32.9. The highest BCUT2D eigenvalue weighted by Crippen LogP contribution is 2.33. The van der Waals surface area contributed by atoms with Crippen LogP contribution in [0.5, 0.6) is 0 Å². The fraction of sp³-hybridized carbons (Fsp3) is 0.333. The Morgan fingerprint density at radius 3 is 2.69 bits per heavy atom. The van der Waals surface area contributed by atoms with E-state index in [1.807, 2.05) is 0 Å². The maximum absolute atomic E-state index is 12.9. The summed E-state index contributed by atoms with van der Waals surface area (Å²) in [5.74, 6) is -1.31. The van der Waals surface area contributed by atoms with Gasteiger partial charge in [0, 0.05) is 12.4 Å². The molecule has 0 bridgehead atoms. The van der Waals surface area contributed by atoms with Gasteiger partial charge in [0.2, 0.25) is 0 Å². The molecule has 0 aliphatic carbocycles. The molecule has 7 nitrogen and oxygen atoms in total. The molecule has 0 radical (unpaired) electrons. The lowest BCUT2D eigenvalue weighted by Crippen LogP contribution is -2.45. The number of fused-ring (bicyclic) bond motifs is 1. The van der Waals surface area contributed by atoms with E-state index in [0.29, 0.717) is 0 Å². The maximum Gasteiger partial charge on any atom is 0.416 e. The molecule has 1 N–H and O–H groups in total. The first-order chi connectivity index (χ1) is 13.6. The number of thiazole rings is 1. The molecule has 3 rings (SSSR count). The molecule has 1 atom stereocenters. The fourth-order valence-corrected chi connectivity index (χ4v) is 3.43. The van der Waals surface area contributed by atoms with E-state index in [-0.39, 0.29) is 27.9 Å². The van der Waals surface area contributed by atoms with Crippen molar-refractivity contribution in [3.63, 3.8) is 0 Å². The molecule has 0 fully saturated rings. The molecule has 11 heteroatoms. The van der Waals surface area contributed by atoms with Crippen molar-refractivity contribution in [1.29, 1.82) is 0 Å². The van der Waals surface area contributed by atoms with Gasteiger partial charge in [0.25, 0.3) is 5.91 Å². The van der Waals surface area contributed by atoms with Crippen molar-refractivity contribution in [2.75, 3.05) is 0 Å². The Morgan fingerprint density at radius 2 is 2.07 bits per heavy atom. The van der Waals surface area contributed by atoms with Crippen molar-refractivity contribution in [2.24, 2.45) is 0 Å². The molecule has 29 heavy (non-hydrogen) atoms. The fourth-order valence-electron chi connectivity index (χ4n) is 2.52. The number of carbonyl (C=O) groups is 2. The number of hydrogen-bond donors (Lipinski definition) is 1. The molecule has 3 aromatic rings. The quantitative estimate of drug-likeness (QED) is 0.612. The molecule has 0 aliphatic heterocycles. The highest BCUT2D eigenvalue weighted by molar-refractivity contribution is 7.20. The Hall–Kier alpha value is -2.95. The largest absolute Gasteiger partial charge is 0.461 e. The van der Waals surface area contributed by atoms with Gasteiger partial charge in [-0.25, -0.2) is 14.8 Å². The van der Waals surface area contributed by atoms with E-state index in [9.17, 15) is 22.8 Å². The van der Waals surface area contributed by atoms with Crippen molar-refractivity contribution in [1.82, 2.24) is 19.9 Å². The number of hydrogen-bond acceptors (Lipinski definition) is 6. The zero-order chi connectivity index (χ0) is 21.2. The second-order valence-corrected chi connectivity index (χ2v) is 7.50. The highest BCUT2D eigenvalue weighted by atomic mass is 32.1. The zero-order valence-electron chi connectivity index (χ0n) is 15.4. The van der Waals surface area contributed by atoms with E-state index >= 15 is 0 Å². The van der Waals surface area contributed by atoms with Gasteiger partial charge in [-0.15, -0.1) is 11.3 Å². The predicted molar refractivity (Wildman–Crippen MR) is 99.3 cm³/mol. The van der Waals surface area contributed by atoms with Crippen molar-refractivity contribution in [3.05, 3.63) is 47.5 Å². The van der Waals surface area contributed by atoms with Crippen molar-refractivity contribution in [3.8, 4) is 0 Å². The lowest BCUT2D eigenvalue weighted by Gasteiger charge is -2.19. The van der Waals surface area contributed by atoms with Gasteiger partial charge in [-0.1, -0.05) is 0 Å². The molecule has 2 heterocycles. The normalized spacial score (nSPS) is 12.9. The van der Waals surface area contributed by atoms with Crippen LogP contribution in [0.25, 0.3) is 10.2 Å². The number of aromatic nitrogens is 3. The van der Waals surface area contributed by atoms with Crippen molar-refractivity contribution < 1.29 is 27.5 Å². The van der Waals surface area contributed by atoms with Gasteiger partial charge in [-0.3, -0.25) is 4.79 Å². The standard InChI is InChI=1S/C18H17F3N4O3S/c1-10(2)28-17(27)13(8-25-6-5-22-9-25)23-15(26)16-24-12-4-3-11(18(19,20)21)7-14(12)29-16/h3-7,9-10,13H,8H2,1-2H3,(H,23,26). The summed E-state index contributed by atoms with van der Waals surface area (Å²) in [5, 5.41) is 2.50. The molecule has 2 aromatic heterocycles. The SMILES string of the molecule is CC(C)OC(=O)C(Cn1ccnc1)NC(=O)c1nc2ccc(C(F)(F)F)cc2s1. The smallest absolute Gasteiger partial charge is 0.416 e. The number of amides is 1. The Bertz CT molecular complexity index is 1020. The second kappa shape index (κ2) is 8.19. The molecule has 0 saturated heterocycles. The van der Waals surface area contributed by atoms with E-state index < -0.39 is 29.7 Å². The molecule has 1 amide bonds. The third kappa shape index (κ3) is 5.11. The zero-order valence-corrected chi connectivity index (χ0v) is 16.3. The van der Waals surface area contributed by atoms with Gasteiger partial charge in [-0.2, -0.15) is 13.2 Å². The van der Waals surface area contributed by atoms with Gasteiger partial charge >= 0.3 is 12.1 Å². The molecule has 1 aromatic carbocycles. The maximum atomic E-state index is 12.9. The number of carbonyl (C=O) groups excluding carboxylic acids is 2. The number of rotatable bonds is 6. The van der Waals surface area contributed by atoms with Crippen LogP contribution in [0.2, 0.25) is 0 Å². The van der Waals surface area contributed by atoms with Gasteiger partial charge in [0.1, 0.15) is 6.04 Å². The summed E-state index contributed by atoms with van der Waals surface area (Å²) >= 11 is 0.817. The Morgan fingerprint density at radius 1 is 1.31 bits per heavy atom. The van der Waals surface area contributed by atoms with Crippen LogP contribution in [0.15, 0.2) is 36.9 Å². The summed E-state index contributed by atoms with van der Waals surface area (Å²) in [6, 6.07) is 2.05. The average Bonchev–Trinajstić information content (AvgIpc) is 3.28. The predicted octanol–water partition coefficient (Wildman–Crippen LogP) is 3.26. The minimum Gasteiger partial charge on any atom is -0.461 e. The molecular formula is C18H17F3N4O3S. The number of imidazole rings is 1. The summed E-state index contributed by atoms with van der Waals surface area (Å²) < 4.78 is 45.6. The summed E-state index contributed by atoms with van der Waals surface area (Å²) in [6.07, 6.45) is -0.237. The van der Waals surface area contributed by atoms with Crippen LogP contribution in [0.4, 0.5) is 13.2 Å². The van der Waals surface area contributed by atoms with Crippen LogP contribution in [-0.4, -0.2) is 38.6 Å². The van der Waals surface area contributed by atoms with Crippen LogP contribution < -0.4 is 5.32 Å². The van der Waals surface area contributed by atoms with Crippen LogP contribution in [0.3, 0.4) is 0 Å². The Kier molecular flexibility index (Phi) is 5.87. The number of nitrogens with zero attached hydrogens (tertiary/aromatic N) is 3. The van der Waals surface area contributed by atoms with Crippen LogP contribution in [-0.2, 0) is 22.3 Å². The molecule has 0 spiro atoms. The summed E-state index contributed by atoms with van der Waals surface area (Å²) in [5.41, 5.74) is -0.553. The van der Waals surface area contributed by atoms with E-state index in [1.54, 1.807) is 24.6 Å². The van der Waals surface area contributed by atoms with Gasteiger partial charge in [0.05, 0.1) is 34.8 Å². The van der Waals surface area contributed by atoms with Gasteiger partial charge in [-0.05, 0) is 32.0 Å². The minimum atomic E-state index is -4.49. The first-order valence-electron chi connectivity index (χ1n) is 8.58. The first kappa shape index (κ1) is 20.8. The molecule has 1 unspecified atom stereocenters. The van der Waals surface area contributed by atoms with E-state index in [4.69, 9.17) is 4.74 Å². The Balaban J connectivity index is 1.81. The molecular weight excluding hydrogens is 409 g/mol. The Labute approximate surface area is 167 Å². The molecule has 154 valence electrons. The topological polar surface area (TPSA) is 86.1 Å². The third-order valence-corrected chi connectivity index (χ3v) is 4.82. The lowest BCUT2D eigenvalue weighted by molar-refractivity contribution is -0.150. The summed E-state index contributed by atoms with van der Waals surface area (Å²) in [7, 11) is 0. The van der Waals surface area contributed by atoms with Crippen LogP contribution in [0.1, 0.15) is 29.2 Å². The number of esters is 1. The monoisotopic (exact) mass is 426 g/mol. The summed E-state index contributed by atoms with van der Waals surface area (Å²) in [6.45, 7) is 3.44. The average molecular weight is 426 g/mol. The van der Waals surface area contributed by atoms with Gasteiger partial charge < -0.3 is 14.6 Å².